The summed E-state index contributed by atoms with van der Waals surface area (Å²) in [6.07, 6.45) is -4.80. The molecule has 142 valence electrons. The molecule has 0 aromatic heterocycles. The zero-order valence-corrected chi connectivity index (χ0v) is 14.3. The normalized spacial score (nSPS) is 16.5. The fourth-order valence-electron chi connectivity index (χ4n) is 2.34. The third-order valence-electron chi connectivity index (χ3n) is 3.42. The number of nitrogens with zero attached hydrogens (tertiary/aromatic N) is 1. The van der Waals surface area contributed by atoms with E-state index in [4.69, 9.17) is 0 Å². The number of carbonyl (C=O) groups excluding carboxylic acids is 1. The zero-order valence-electron chi connectivity index (χ0n) is 13.4. The van der Waals surface area contributed by atoms with E-state index >= 15 is 0 Å². The number of sulfonamides is 1. The van der Waals surface area contributed by atoms with E-state index in [9.17, 15) is 26.4 Å². The molecule has 0 atom stereocenters. The first-order valence-corrected chi connectivity index (χ1v) is 8.95. The number of aliphatic imine (C=N–C) groups is 1. The van der Waals surface area contributed by atoms with Crippen molar-refractivity contribution in [2.24, 2.45) is 4.99 Å². The number of carbonyl (C=O) groups is 1. The van der Waals surface area contributed by atoms with Crippen molar-refractivity contribution >= 4 is 27.5 Å². The predicted octanol–water partition coefficient (Wildman–Crippen LogP) is 2.26. The standard InChI is InChI=1S/C16H12F3N3O4S/c17-16(18,19)26-11-7-5-10(6-8-11)21-14(23)9-20-15-12-3-1-2-4-13(12)27(24,25)22-15/h1-8H,9H2,(H,20,22)(H,21,23). The number of hydrogen-bond acceptors (Lipinski definition) is 5. The molecule has 2 N–H and O–H groups in total. The summed E-state index contributed by atoms with van der Waals surface area (Å²) in [6, 6.07) is 10.8. The monoisotopic (exact) mass is 399 g/mol. The van der Waals surface area contributed by atoms with Gasteiger partial charge in [0.15, 0.2) is 0 Å². The minimum atomic E-state index is -4.80. The van der Waals surface area contributed by atoms with E-state index in [1.165, 1.54) is 18.2 Å². The number of ether oxygens (including phenoxy) is 1. The molecular weight excluding hydrogens is 387 g/mol. The van der Waals surface area contributed by atoms with Gasteiger partial charge < -0.3 is 10.1 Å². The van der Waals surface area contributed by atoms with Crippen LogP contribution in [0.5, 0.6) is 5.75 Å². The summed E-state index contributed by atoms with van der Waals surface area (Å²) >= 11 is 0. The first kappa shape index (κ1) is 18.7. The van der Waals surface area contributed by atoms with Crippen molar-refractivity contribution in [1.29, 1.82) is 0 Å². The number of alkyl halides is 3. The average molecular weight is 399 g/mol. The van der Waals surface area contributed by atoms with Gasteiger partial charge in [0.1, 0.15) is 18.1 Å². The van der Waals surface area contributed by atoms with E-state index in [0.717, 1.165) is 12.1 Å². The number of fused-ring (bicyclic) bond motifs is 1. The van der Waals surface area contributed by atoms with E-state index in [2.05, 4.69) is 19.8 Å². The van der Waals surface area contributed by atoms with Gasteiger partial charge >= 0.3 is 6.36 Å². The lowest BCUT2D eigenvalue weighted by Crippen LogP contribution is -2.24. The van der Waals surface area contributed by atoms with Gasteiger partial charge in [-0.1, -0.05) is 12.1 Å². The fourth-order valence-corrected chi connectivity index (χ4v) is 3.59. The van der Waals surface area contributed by atoms with Crippen LogP contribution in [0.15, 0.2) is 58.4 Å². The van der Waals surface area contributed by atoms with Gasteiger partial charge in [-0.05, 0) is 36.4 Å². The van der Waals surface area contributed by atoms with E-state index < -0.39 is 28.0 Å². The highest BCUT2D eigenvalue weighted by atomic mass is 32.2. The van der Waals surface area contributed by atoms with Crippen molar-refractivity contribution in [2.75, 3.05) is 11.9 Å². The van der Waals surface area contributed by atoms with Gasteiger partial charge in [-0.25, -0.2) is 8.42 Å². The molecular formula is C16H12F3N3O4S. The first-order chi connectivity index (χ1) is 12.6. The molecule has 2 aromatic rings. The SMILES string of the molecule is O=C(CN=C1NS(=O)(=O)c2ccccc21)Nc1ccc(OC(F)(F)F)cc1. The Bertz CT molecular complexity index is 1000. The lowest BCUT2D eigenvalue weighted by Gasteiger charge is -2.09. The molecule has 7 nitrogen and oxygen atoms in total. The Hall–Kier alpha value is -3.08. The highest BCUT2D eigenvalue weighted by Gasteiger charge is 2.31. The lowest BCUT2D eigenvalue weighted by molar-refractivity contribution is -0.274. The molecule has 2 aromatic carbocycles. The van der Waals surface area contributed by atoms with Gasteiger partial charge in [0.25, 0.3) is 10.0 Å². The molecule has 0 saturated carbocycles. The van der Waals surface area contributed by atoms with Crippen molar-refractivity contribution in [2.45, 2.75) is 11.3 Å². The van der Waals surface area contributed by atoms with Crippen LogP contribution in [0.25, 0.3) is 0 Å². The lowest BCUT2D eigenvalue weighted by atomic mass is 10.2. The Balaban J connectivity index is 1.65. The van der Waals surface area contributed by atoms with Crippen LogP contribution in [0.1, 0.15) is 5.56 Å². The Morgan fingerprint density at radius 3 is 2.44 bits per heavy atom. The van der Waals surface area contributed by atoms with Gasteiger partial charge in [0, 0.05) is 11.3 Å². The first-order valence-electron chi connectivity index (χ1n) is 7.46. The maximum absolute atomic E-state index is 12.1. The maximum atomic E-state index is 12.1. The number of amidine groups is 1. The molecule has 0 unspecified atom stereocenters. The molecule has 1 amide bonds. The smallest absolute Gasteiger partial charge is 0.406 e. The summed E-state index contributed by atoms with van der Waals surface area (Å²) in [5, 5.41) is 2.44. The molecule has 0 fully saturated rings. The third kappa shape index (κ3) is 4.56. The average Bonchev–Trinajstić information content (AvgIpc) is 2.85. The molecule has 3 rings (SSSR count). The molecule has 0 radical (unpaired) electrons. The Morgan fingerprint density at radius 1 is 1.11 bits per heavy atom. The van der Waals surface area contributed by atoms with Crippen LogP contribution in [-0.4, -0.2) is 33.1 Å². The summed E-state index contributed by atoms with van der Waals surface area (Å²) in [4.78, 5) is 16.0. The van der Waals surface area contributed by atoms with Crippen LogP contribution in [0.2, 0.25) is 0 Å². The van der Waals surface area contributed by atoms with Crippen molar-refractivity contribution in [3.8, 4) is 5.75 Å². The Morgan fingerprint density at radius 2 is 1.78 bits per heavy atom. The second kappa shape index (κ2) is 6.91. The maximum Gasteiger partial charge on any atom is 0.573 e. The fraction of sp³-hybridized carbons (Fsp3) is 0.125. The zero-order chi connectivity index (χ0) is 19.7. The minimum Gasteiger partial charge on any atom is -0.406 e. The molecule has 1 aliphatic rings. The number of anilines is 1. The largest absolute Gasteiger partial charge is 0.573 e. The van der Waals surface area contributed by atoms with Gasteiger partial charge in [-0.2, -0.15) is 0 Å². The molecule has 0 aliphatic carbocycles. The minimum absolute atomic E-state index is 0.0506. The van der Waals surface area contributed by atoms with Crippen LogP contribution in [0.4, 0.5) is 18.9 Å². The Labute approximate surface area is 151 Å². The molecule has 11 heteroatoms. The van der Waals surface area contributed by atoms with E-state index in [0.29, 0.717) is 5.56 Å². The number of rotatable bonds is 4. The number of benzene rings is 2. The van der Waals surface area contributed by atoms with Gasteiger partial charge in [0.05, 0.1) is 4.90 Å². The van der Waals surface area contributed by atoms with E-state index in [1.807, 2.05) is 0 Å². The quantitative estimate of drug-likeness (QED) is 0.824. The summed E-state index contributed by atoms with van der Waals surface area (Å²) in [5.41, 5.74) is 0.598. The second-order valence-corrected chi connectivity index (χ2v) is 7.04. The van der Waals surface area contributed by atoms with Gasteiger partial charge in [-0.3, -0.25) is 14.5 Å². The highest BCUT2D eigenvalue weighted by Crippen LogP contribution is 2.24. The summed E-state index contributed by atoms with van der Waals surface area (Å²) < 4.78 is 66.2. The van der Waals surface area contributed by atoms with Crippen molar-refractivity contribution in [3.63, 3.8) is 0 Å². The summed E-state index contributed by atoms with van der Waals surface area (Å²) in [5.74, 6) is -0.942. The number of nitrogens with one attached hydrogen (secondary N) is 2. The molecule has 0 spiro atoms. The van der Waals surface area contributed by atoms with Gasteiger partial charge in [0.2, 0.25) is 5.91 Å². The van der Waals surface area contributed by atoms with Crippen LogP contribution in [-0.2, 0) is 14.8 Å². The summed E-state index contributed by atoms with van der Waals surface area (Å²) in [7, 11) is -3.70. The van der Waals surface area contributed by atoms with E-state index in [1.54, 1.807) is 18.2 Å². The molecule has 1 heterocycles. The predicted molar refractivity (Wildman–Crippen MR) is 89.9 cm³/mol. The van der Waals surface area contributed by atoms with Crippen LogP contribution in [0, 0.1) is 0 Å². The van der Waals surface area contributed by atoms with Crippen LogP contribution < -0.4 is 14.8 Å². The van der Waals surface area contributed by atoms with Gasteiger partial charge in [-0.15, -0.1) is 13.2 Å². The van der Waals surface area contributed by atoms with Crippen molar-refractivity contribution < 1.29 is 31.1 Å². The number of hydrogen-bond donors (Lipinski definition) is 2. The number of amides is 1. The topological polar surface area (TPSA) is 96.9 Å². The second-order valence-electron chi connectivity index (χ2n) is 5.39. The van der Waals surface area contributed by atoms with Crippen molar-refractivity contribution in [3.05, 3.63) is 54.1 Å². The van der Waals surface area contributed by atoms with E-state index in [-0.39, 0.29) is 23.0 Å². The molecule has 0 bridgehead atoms. The molecule has 0 saturated heterocycles. The molecule has 27 heavy (non-hydrogen) atoms. The van der Waals surface area contributed by atoms with Crippen LogP contribution >= 0.6 is 0 Å². The van der Waals surface area contributed by atoms with Crippen LogP contribution in [0.3, 0.4) is 0 Å². The highest BCUT2D eigenvalue weighted by molar-refractivity contribution is 7.90. The third-order valence-corrected chi connectivity index (χ3v) is 4.81. The Kier molecular flexibility index (Phi) is 4.79. The summed E-state index contributed by atoms with van der Waals surface area (Å²) in [6.45, 7) is -0.382. The molecule has 1 aliphatic heterocycles. The van der Waals surface area contributed by atoms with Crippen molar-refractivity contribution in [1.82, 2.24) is 4.72 Å². The number of halogens is 3.